The Labute approximate surface area is 141 Å². The molecule has 1 heterocycles. The van der Waals surface area contributed by atoms with Gasteiger partial charge < -0.3 is 4.74 Å². The Morgan fingerprint density at radius 1 is 1.25 bits per heavy atom. The van der Waals surface area contributed by atoms with Gasteiger partial charge in [-0.05, 0) is 49.4 Å². The number of hydrogen-bond acceptors (Lipinski definition) is 3. The number of carbonyl (C=O) groups excluding carboxylic acids is 1. The average molecular weight is 320 g/mol. The van der Waals surface area contributed by atoms with E-state index in [-0.39, 0.29) is 5.78 Å². The van der Waals surface area contributed by atoms with Gasteiger partial charge in [-0.15, -0.1) is 0 Å². The molecule has 1 aromatic carbocycles. The second-order valence-corrected chi connectivity index (χ2v) is 4.99. The van der Waals surface area contributed by atoms with Gasteiger partial charge in [-0.2, -0.15) is 5.10 Å². The van der Waals surface area contributed by atoms with Gasteiger partial charge in [-0.1, -0.05) is 30.9 Å². The molecule has 0 spiro atoms. The molecule has 2 rings (SSSR count). The first-order chi connectivity index (χ1) is 11.7. The number of hydrogen-bond donors (Lipinski definition) is 1. The number of benzene rings is 1. The van der Waals surface area contributed by atoms with Crippen molar-refractivity contribution in [1.82, 2.24) is 10.2 Å². The SMILES string of the molecule is C=C/C=C(\C=C/C)C(=O)/C=C/c1cc(-c2ccc(OC)cc2)n[nH]1. The zero-order chi connectivity index (χ0) is 17.4. The molecule has 122 valence electrons. The van der Waals surface area contributed by atoms with Crippen molar-refractivity contribution in [3.8, 4) is 17.0 Å². The van der Waals surface area contributed by atoms with E-state index in [1.807, 2.05) is 43.3 Å². The third-order valence-electron chi connectivity index (χ3n) is 3.33. The molecule has 0 fully saturated rings. The molecule has 0 bridgehead atoms. The van der Waals surface area contributed by atoms with Crippen LogP contribution in [-0.2, 0) is 4.79 Å². The van der Waals surface area contributed by atoms with Crippen molar-refractivity contribution in [2.75, 3.05) is 7.11 Å². The number of aromatic nitrogens is 2. The van der Waals surface area contributed by atoms with E-state index in [1.165, 1.54) is 6.08 Å². The Hall–Kier alpha value is -3.14. The fraction of sp³-hybridized carbons (Fsp3) is 0.100. The van der Waals surface area contributed by atoms with Crippen molar-refractivity contribution < 1.29 is 9.53 Å². The van der Waals surface area contributed by atoms with Crippen LogP contribution in [0.25, 0.3) is 17.3 Å². The Kier molecular flexibility index (Phi) is 6.08. The Morgan fingerprint density at radius 2 is 2.00 bits per heavy atom. The molecular weight excluding hydrogens is 300 g/mol. The van der Waals surface area contributed by atoms with Crippen LogP contribution in [0.2, 0.25) is 0 Å². The number of rotatable bonds is 7. The molecule has 1 N–H and O–H groups in total. The highest BCUT2D eigenvalue weighted by molar-refractivity contribution is 6.08. The number of carbonyl (C=O) groups is 1. The molecule has 1 aromatic heterocycles. The highest BCUT2D eigenvalue weighted by Gasteiger charge is 2.04. The molecule has 0 amide bonds. The summed E-state index contributed by atoms with van der Waals surface area (Å²) in [6.07, 6.45) is 10.1. The van der Waals surface area contributed by atoms with Gasteiger partial charge in [0.15, 0.2) is 5.78 Å². The van der Waals surface area contributed by atoms with Crippen LogP contribution in [-0.4, -0.2) is 23.1 Å². The third kappa shape index (κ3) is 4.43. The second kappa shape index (κ2) is 8.48. The first-order valence-corrected chi connectivity index (χ1v) is 7.55. The normalized spacial score (nSPS) is 12.0. The summed E-state index contributed by atoms with van der Waals surface area (Å²) < 4.78 is 5.14. The number of nitrogens with zero attached hydrogens (tertiary/aromatic N) is 1. The Morgan fingerprint density at radius 3 is 2.62 bits per heavy atom. The fourth-order valence-electron chi connectivity index (χ4n) is 2.12. The minimum atomic E-state index is -0.0893. The molecule has 0 aliphatic carbocycles. The number of H-pyrrole nitrogens is 1. The van der Waals surface area contributed by atoms with Gasteiger partial charge in [0.25, 0.3) is 0 Å². The number of allylic oxidation sites excluding steroid dienone is 6. The summed E-state index contributed by atoms with van der Waals surface area (Å²) in [7, 11) is 1.63. The molecule has 4 heteroatoms. The van der Waals surface area contributed by atoms with Gasteiger partial charge in [-0.3, -0.25) is 9.89 Å². The van der Waals surface area contributed by atoms with Crippen LogP contribution in [0.5, 0.6) is 5.75 Å². The van der Waals surface area contributed by atoms with E-state index in [4.69, 9.17) is 4.74 Å². The molecule has 0 atom stereocenters. The third-order valence-corrected chi connectivity index (χ3v) is 3.33. The largest absolute Gasteiger partial charge is 0.497 e. The predicted octanol–water partition coefficient (Wildman–Crippen LogP) is 4.36. The van der Waals surface area contributed by atoms with Gasteiger partial charge in [0.05, 0.1) is 18.5 Å². The smallest absolute Gasteiger partial charge is 0.185 e. The van der Waals surface area contributed by atoms with E-state index in [9.17, 15) is 4.79 Å². The van der Waals surface area contributed by atoms with E-state index in [0.29, 0.717) is 5.57 Å². The maximum Gasteiger partial charge on any atom is 0.185 e. The Bertz CT molecular complexity index is 793. The number of methoxy groups -OCH3 is 1. The van der Waals surface area contributed by atoms with Gasteiger partial charge in [0.2, 0.25) is 0 Å². The van der Waals surface area contributed by atoms with Crippen LogP contribution >= 0.6 is 0 Å². The average Bonchev–Trinajstić information content (AvgIpc) is 3.08. The molecule has 0 saturated carbocycles. The minimum Gasteiger partial charge on any atom is -0.497 e. The lowest BCUT2D eigenvalue weighted by atomic mass is 10.1. The number of nitrogens with one attached hydrogen (secondary N) is 1. The predicted molar refractivity (Wildman–Crippen MR) is 97.7 cm³/mol. The van der Waals surface area contributed by atoms with Crippen LogP contribution in [0, 0.1) is 0 Å². The molecular formula is C20H20N2O2. The molecule has 24 heavy (non-hydrogen) atoms. The summed E-state index contributed by atoms with van der Waals surface area (Å²) in [5, 5.41) is 7.18. The zero-order valence-electron chi connectivity index (χ0n) is 13.8. The highest BCUT2D eigenvalue weighted by atomic mass is 16.5. The lowest BCUT2D eigenvalue weighted by Crippen LogP contribution is -1.95. The van der Waals surface area contributed by atoms with E-state index in [2.05, 4.69) is 16.8 Å². The molecule has 0 aliphatic rings. The number of aromatic amines is 1. The monoisotopic (exact) mass is 320 g/mol. The summed E-state index contributed by atoms with van der Waals surface area (Å²) >= 11 is 0. The van der Waals surface area contributed by atoms with Crippen LogP contribution in [0.1, 0.15) is 12.6 Å². The molecule has 0 saturated heterocycles. The van der Waals surface area contributed by atoms with E-state index >= 15 is 0 Å². The van der Waals surface area contributed by atoms with Gasteiger partial charge >= 0.3 is 0 Å². The lowest BCUT2D eigenvalue weighted by molar-refractivity contribution is -0.111. The van der Waals surface area contributed by atoms with Crippen molar-refractivity contribution in [3.05, 3.63) is 78.6 Å². The van der Waals surface area contributed by atoms with Crippen molar-refractivity contribution in [2.45, 2.75) is 6.92 Å². The fourth-order valence-corrected chi connectivity index (χ4v) is 2.12. The summed E-state index contributed by atoms with van der Waals surface area (Å²) in [6, 6.07) is 9.52. The van der Waals surface area contributed by atoms with Gasteiger partial charge in [-0.25, -0.2) is 0 Å². The standard InChI is InChI=1S/C20H20N2O2/c1-4-6-16(7-5-2)20(23)13-10-17-14-19(22-21-17)15-8-11-18(24-3)12-9-15/h4-14H,1H2,2-3H3,(H,21,22)/b7-5-,13-10+,16-6+. The quantitative estimate of drug-likeness (QED) is 0.609. The van der Waals surface area contributed by atoms with Gasteiger partial charge in [0.1, 0.15) is 5.75 Å². The van der Waals surface area contributed by atoms with E-state index in [1.54, 1.807) is 31.4 Å². The summed E-state index contributed by atoms with van der Waals surface area (Å²) in [5.41, 5.74) is 3.12. The molecule has 4 nitrogen and oxygen atoms in total. The van der Waals surface area contributed by atoms with E-state index in [0.717, 1.165) is 22.7 Å². The van der Waals surface area contributed by atoms with Crippen molar-refractivity contribution in [3.63, 3.8) is 0 Å². The first-order valence-electron chi connectivity index (χ1n) is 7.55. The van der Waals surface area contributed by atoms with Crippen LogP contribution in [0.15, 0.2) is 72.9 Å². The van der Waals surface area contributed by atoms with Crippen LogP contribution < -0.4 is 4.74 Å². The Balaban J connectivity index is 2.14. The molecule has 0 unspecified atom stereocenters. The zero-order valence-corrected chi connectivity index (χ0v) is 13.8. The number of ketones is 1. The van der Waals surface area contributed by atoms with E-state index < -0.39 is 0 Å². The summed E-state index contributed by atoms with van der Waals surface area (Å²) in [5.74, 6) is 0.708. The molecule has 0 radical (unpaired) electrons. The maximum absolute atomic E-state index is 12.1. The summed E-state index contributed by atoms with van der Waals surface area (Å²) in [6.45, 7) is 5.49. The highest BCUT2D eigenvalue weighted by Crippen LogP contribution is 2.21. The first kappa shape index (κ1) is 17.2. The maximum atomic E-state index is 12.1. The van der Waals surface area contributed by atoms with Gasteiger partial charge in [0, 0.05) is 11.1 Å². The van der Waals surface area contributed by atoms with Crippen LogP contribution in [0.4, 0.5) is 0 Å². The van der Waals surface area contributed by atoms with Crippen molar-refractivity contribution in [1.29, 1.82) is 0 Å². The summed E-state index contributed by atoms with van der Waals surface area (Å²) in [4.78, 5) is 12.1. The number of ether oxygens (including phenoxy) is 1. The second-order valence-electron chi connectivity index (χ2n) is 4.99. The lowest BCUT2D eigenvalue weighted by Gasteiger charge is -1.99. The topological polar surface area (TPSA) is 55.0 Å². The van der Waals surface area contributed by atoms with Crippen LogP contribution in [0.3, 0.4) is 0 Å². The molecule has 0 aliphatic heterocycles. The van der Waals surface area contributed by atoms with Crippen molar-refractivity contribution >= 4 is 11.9 Å². The van der Waals surface area contributed by atoms with Crippen molar-refractivity contribution in [2.24, 2.45) is 0 Å². The minimum absolute atomic E-state index is 0.0893. The molecule has 2 aromatic rings.